The van der Waals surface area contributed by atoms with Crippen molar-refractivity contribution in [2.45, 2.75) is 38.1 Å². The largest absolute Gasteiger partial charge is 0.290 e. The normalized spacial score (nSPS) is 22.2. The van der Waals surface area contributed by atoms with Crippen LogP contribution in [0.2, 0.25) is 0 Å². The number of hydrogen-bond acceptors (Lipinski definition) is 3. The summed E-state index contributed by atoms with van der Waals surface area (Å²) in [5.74, 6) is 0.0605. The number of amides is 1. The zero-order chi connectivity index (χ0) is 16.2. The van der Waals surface area contributed by atoms with Crippen molar-refractivity contribution in [1.29, 1.82) is 0 Å². The topological polar surface area (TPSA) is 20.3 Å². The van der Waals surface area contributed by atoms with Crippen molar-refractivity contribution in [3.05, 3.63) is 51.4 Å². The van der Waals surface area contributed by atoms with Crippen LogP contribution in [0, 0.1) is 0 Å². The number of carbonyl (C=O) groups is 1. The van der Waals surface area contributed by atoms with Crippen LogP contribution < -0.4 is 0 Å². The van der Waals surface area contributed by atoms with Crippen molar-refractivity contribution < 1.29 is 4.79 Å². The van der Waals surface area contributed by atoms with Gasteiger partial charge in [0.05, 0.1) is 4.91 Å². The van der Waals surface area contributed by atoms with Crippen molar-refractivity contribution in [3.8, 4) is 0 Å². The molecule has 2 fully saturated rings. The first-order chi connectivity index (χ1) is 11.1. The lowest BCUT2D eigenvalue weighted by Crippen LogP contribution is -2.39. The summed E-state index contributed by atoms with van der Waals surface area (Å²) in [4.78, 5) is 15.3. The second-order valence-corrected chi connectivity index (χ2v) is 8.37. The number of rotatable bonds is 3. The van der Waals surface area contributed by atoms with Crippen LogP contribution in [-0.2, 0) is 4.79 Å². The summed E-state index contributed by atoms with van der Waals surface area (Å²) in [5, 5.41) is 0. The van der Waals surface area contributed by atoms with Gasteiger partial charge in [-0.2, -0.15) is 0 Å². The van der Waals surface area contributed by atoms with Crippen LogP contribution in [-0.4, -0.2) is 21.2 Å². The van der Waals surface area contributed by atoms with Gasteiger partial charge in [-0.1, -0.05) is 89.5 Å². The minimum Gasteiger partial charge on any atom is -0.290 e. The molecular weight excluding hydrogens is 390 g/mol. The summed E-state index contributed by atoms with van der Waals surface area (Å²) in [6.45, 7) is 0. The molecule has 1 saturated heterocycles. The average molecular weight is 408 g/mol. The van der Waals surface area contributed by atoms with Gasteiger partial charge in [-0.25, -0.2) is 0 Å². The van der Waals surface area contributed by atoms with E-state index in [9.17, 15) is 4.79 Å². The second-order valence-electron chi connectivity index (χ2n) is 5.78. The molecule has 1 aliphatic carbocycles. The third-order valence-electron chi connectivity index (χ3n) is 4.14. The molecule has 0 aromatic heterocycles. The number of benzene rings is 1. The molecule has 0 atom stereocenters. The van der Waals surface area contributed by atoms with Crippen LogP contribution in [0.5, 0.6) is 0 Å². The maximum Gasteiger partial charge on any atom is 0.266 e. The van der Waals surface area contributed by atoms with E-state index >= 15 is 0 Å². The summed E-state index contributed by atoms with van der Waals surface area (Å²) >= 11 is 10.4. The Morgan fingerprint density at radius 1 is 1.22 bits per heavy atom. The van der Waals surface area contributed by atoms with E-state index in [0.29, 0.717) is 15.3 Å². The second kappa shape index (κ2) is 7.77. The maximum absolute atomic E-state index is 12.7. The Bertz CT molecular complexity index is 663. The molecular formula is C18H18BrNOS2. The lowest BCUT2D eigenvalue weighted by Gasteiger charge is -2.29. The number of thiocarbonyl (C=S) groups is 1. The molecule has 3 rings (SSSR count). The molecule has 0 spiro atoms. The Morgan fingerprint density at radius 2 is 1.91 bits per heavy atom. The first kappa shape index (κ1) is 16.9. The zero-order valence-corrected chi connectivity index (χ0v) is 15.9. The Kier molecular flexibility index (Phi) is 5.72. The molecule has 0 N–H and O–H groups in total. The van der Waals surface area contributed by atoms with Gasteiger partial charge in [0.25, 0.3) is 5.91 Å². The molecule has 1 aliphatic heterocycles. The van der Waals surface area contributed by atoms with Gasteiger partial charge in [0.2, 0.25) is 0 Å². The molecule has 1 amide bonds. The van der Waals surface area contributed by atoms with E-state index in [4.69, 9.17) is 12.2 Å². The Labute approximate surface area is 155 Å². The molecule has 0 unspecified atom stereocenters. The smallest absolute Gasteiger partial charge is 0.266 e. The number of nitrogens with zero attached hydrogens (tertiary/aromatic N) is 1. The van der Waals surface area contributed by atoms with Crippen molar-refractivity contribution in [2.75, 3.05) is 0 Å². The first-order valence-electron chi connectivity index (χ1n) is 7.84. The Balaban J connectivity index is 1.77. The minimum atomic E-state index is 0.0605. The molecule has 0 bridgehead atoms. The van der Waals surface area contributed by atoms with Crippen LogP contribution in [0.1, 0.15) is 37.7 Å². The number of halogens is 1. The van der Waals surface area contributed by atoms with Gasteiger partial charge in [-0.3, -0.25) is 9.69 Å². The quantitative estimate of drug-likeness (QED) is 0.487. The molecule has 1 heterocycles. The summed E-state index contributed by atoms with van der Waals surface area (Å²) in [6.07, 6.45) is 9.69. The molecule has 1 aromatic carbocycles. The molecule has 23 heavy (non-hydrogen) atoms. The van der Waals surface area contributed by atoms with E-state index in [-0.39, 0.29) is 5.91 Å². The molecule has 2 nitrogen and oxygen atoms in total. The molecule has 120 valence electrons. The SMILES string of the molecule is O=C1/C(=C\C(Br)=C\c2ccccc2)SC(=S)N1C1CCCCC1. The standard InChI is InChI=1S/C18H18BrNOS2/c19-14(11-13-7-3-1-4-8-13)12-16-17(21)20(18(22)23-16)15-9-5-2-6-10-15/h1,3-4,7-8,11-12,15H,2,5-6,9-10H2/b14-11-,16-12+. The molecule has 1 aromatic rings. The number of allylic oxidation sites excluding steroid dienone is 2. The van der Waals surface area contributed by atoms with Crippen molar-refractivity contribution >= 4 is 56.2 Å². The molecule has 1 saturated carbocycles. The zero-order valence-electron chi connectivity index (χ0n) is 12.7. The van der Waals surface area contributed by atoms with Crippen molar-refractivity contribution in [1.82, 2.24) is 4.90 Å². The Hall–Kier alpha value is -0.910. The van der Waals surface area contributed by atoms with E-state index in [0.717, 1.165) is 22.9 Å². The fourth-order valence-electron chi connectivity index (χ4n) is 3.01. The fraction of sp³-hybridized carbons (Fsp3) is 0.333. The van der Waals surface area contributed by atoms with E-state index in [2.05, 4.69) is 15.9 Å². The summed E-state index contributed by atoms with van der Waals surface area (Å²) in [5.41, 5.74) is 1.10. The van der Waals surface area contributed by atoms with Crippen LogP contribution >= 0.6 is 39.9 Å². The highest BCUT2D eigenvalue weighted by Gasteiger charge is 2.37. The summed E-state index contributed by atoms with van der Waals surface area (Å²) < 4.78 is 1.58. The van der Waals surface area contributed by atoms with Gasteiger partial charge in [-0.15, -0.1) is 0 Å². The van der Waals surface area contributed by atoms with E-state index in [1.165, 1.54) is 31.0 Å². The van der Waals surface area contributed by atoms with Crippen molar-refractivity contribution in [2.24, 2.45) is 0 Å². The highest BCUT2D eigenvalue weighted by molar-refractivity contribution is 9.12. The lowest BCUT2D eigenvalue weighted by atomic mass is 9.94. The predicted molar refractivity (Wildman–Crippen MR) is 105 cm³/mol. The highest BCUT2D eigenvalue weighted by atomic mass is 79.9. The molecule has 5 heteroatoms. The third-order valence-corrected chi connectivity index (χ3v) is 5.92. The van der Waals surface area contributed by atoms with Crippen LogP contribution in [0.15, 0.2) is 45.8 Å². The minimum absolute atomic E-state index is 0.0605. The number of carbonyl (C=O) groups excluding carboxylic acids is 1. The van der Waals surface area contributed by atoms with Gasteiger partial charge in [0.1, 0.15) is 4.32 Å². The van der Waals surface area contributed by atoms with Crippen LogP contribution in [0.3, 0.4) is 0 Å². The molecule has 2 aliphatic rings. The number of hydrogen-bond donors (Lipinski definition) is 0. The predicted octanol–water partition coefficient (Wildman–Crippen LogP) is 5.50. The van der Waals surface area contributed by atoms with Crippen LogP contribution in [0.4, 0.5) is 0 Å². The summed E-state index contributed by atoms with van der Waals surface area (Å²) in [7, 11) is 0. The van der Waals surface area contributed by atoms with Crippen molar-refractivity contribution in [3.63, 3.8) is 0 Å². The maximum atomic E-state index is 12.7. The Morgan fingerprint density at radius 3 is 2.61 bits per heavy atom. The lowest BCUT2D eigenvalue weighted by molar-refractivity contribution is -0.124. The van der Waals surface area contributed by atoms with E-state index < -0.39 is 0 Å². The third kappa shape index (κ3) is 4.14. The number of thioether (sulfide) groups is 1. The van der Waals surface area contributed by atoms with Gasteiger partial charge in [-0.05, 0) is 30.6 Å². The monoisotopic (exact) mass is 407 g/mol. The van der Waals surface area contributed by atoms with E-state index in [1.54, 1.807) is 0 Å². The first-order valence-corrected chi connectivity index (χ1v) is 9.86. The van der Waals surface area contributed by atoms with Gasteiger partial charge in [0, 0.05) is 10.5 Å². The summed E-state index contributed by atoms with van der Waals surface area (Å²) in [6, 6.07) is 10.3. The fourth-order valence-corrected chi connectivity index (χ4v) is 5.05. The van der Waals surface area contributed by atoms with E-state index in [1.807, 2.05) is 47.4 Å². The van der Waals surface area contributed by atoms with Gasteiger partial charge in [0.15, 0.2) is 0 Å². The highest BCUT2D eigenvalue weighted by Crippen LogP contribution is 2.37. The average Bonchev–Trinajstić information content (AvgIpc) is 2.83. The molecule has 0 radical (unpaired) electrons. The van der Waals surface area contributed by atoms with Gasteiger partial charge < -0.3 is 0 Å². The van der Waals surface area contributed by atoms with Crippen LogP contribution in [0.25, 0.3) is 6.08 Å². The van der Waals surface area contributed by atoms with Gasteiger partial charge >= 0.3 is 0 Å².